The molecule has 0 aliphatic carbocycles. The zero-order valence-electron chi connectivity index (χ0n) is 8.53. The van der Waals surface area contributed by atoms with E-state index in [9.17, 15) is 0 Å². The molecule has 0 saturated heterocycles. The fourth-order valence-electron chi connectivity index (χ4n) is 1.58. The molecule has 80 valence electrons. The van der Waals surface area contributed by atoms with Crippen LogP contribution in [0.4, 0.5) is 0 Å². The minimum absolute atomic E-state index is 0.888. The van der Waals surface area contributed by atoms with Gasteiger partial charge in [0.2, 0.25) is 0 Å². The van der Waals surface area contributed by atoms with Gasteiger partial charge in [-0.2, -0.15) is 12.6 Å². The topological polar surface area (TPSA) is 40.7 Å². The van der Waals surface area contributed by atoms with Crippen LogP contribution in [0.2, 0.25) is 0 Å². The first-order valence-electron chi connectivity index (χ1n) is 5.14. The molecule has 2 N–H and O–H groups in total. The SMILES string of the molecule is SCCNCCc1ccc2nc[nH]c2c1. The molecule has 2 aromatic rings. The summed E-state index contributed by atoms with van der Waals surface area (Å²) in [6, 6.07) is 6.34. The molecular formula is C11H15N3S. The number of fused-ring (bicyclic) bond motifs is 1. The van der Waals surface area contributed by atoms with Crippen LogP contribution in [-0.2, 0) is 6.42 Å². The third-order valence-electron chi connectivity index (χ3n) is 2.36. The zero-order chi connectivity index (χ0) is 10.5. The first kappa shape index (κ1) is 10.5. The average molecular weight is 221 g/mol. The number of imidazole rings is 1. The van der Waals surface area contributed by atoms with Crippen molar-refractivity contribution in [3.63, 3.8) is 0 Å². The molecule has 3 nitrogen and oxygen atoms in total. The number of benzene rings is 1. The Labute approximate surface area is 94.7 Å². The van der Waals surface area contributed by atoms with Crippen LogP contribution in [0.25, 0.3) is 11.0 Å². The van der Waals surface area contributed by atoms with Crippen LogP contribution in [0.3, 0.4) is 0 Å². The number of hydrogen-bond acceptors (Lipinski definition) is 3. The molecule has 0 saturated carbocycles. The smallest absolute Gasteiger partial charge is 0.0931 e. The second kappa shape index (κ2) is 5.19. The molecule has 2 rings (SSSR count). The molecule has 0 radical (unpaired) electrons. The van der Waals surface area contributed by atoms with Gasteiger partial charge in [-0.15, -0.1) is 0 Å². The van der Waals surface area contributed by atoms with Crippen LogP contribution in [0.15, 0.2) is 24.5 Å². The predicted octanol–water partition coefficient (Wildman–Crippen LogP) is 1.62. The molecule has 0 fully saturated rings. The Hall–Kier alpha value is -1.00. The Morgan fingerprint density at radius 1 is 1.33 bits per heavy atom. The summed E-state index contributed by atoms with van der Waals surface area (Å²) in [5, 5.41) is 3.32. The van der Waals surface area contributed by atoms with E-state index < -0.39 is 0 Å². The highest BCUT2D eigenvalue weighted by molar-refractivity contribution is 7.80. The molecule has 1 aromatic carbocycles. The van der Waals surface area contributed by atoms with Gasteiger partial charge in [-0.05, 0) is 30.7 Å². The highest BCUT2D eigenvalue weighted by Crippen LogP contribution is 2.11. The van der Waals surface area contributed by atoms with Crippen molar-refractivity contribution in [1.29, 1.82) is 0 Å². The summed E-state index contributed by atoms with van der Waals surface area (Å²) in [6.07, 6.45) is 2.77. The number of nitrogens with one attached hydrogen (secondary N) is 2. The lowest BCUT2D eigenvalue weighted by Gasteiger charge is -2.02. The normalized spacial score (nSPS) is 11.0. The summed E-state index contributed by atoms with van der Waals surface area (Å²) in [6.45, 7) is 1.97. The van der Waals surface area contributed by atoms with E-state index in [-0.39, 0.29) is 0 Å². The molecule has 1 heterocycles. The fraction of sp³-hybridized carbons (Fsp3) is 0.364. The Morgan fingerprint density at radius 2 is 2.27 bits per heavy atom. The zero-order valence-corrected chi connectivity index (χ0v) is 9.43. The van der Waals surface area contributed by atoms with Crippen molar-refractivity contribution >= 4 is 23.7 Å². The predicted molar refractivity (Wildman–Crippen MR) is 66.5 cm³/mol. The van der Waals surface area contributed by atoms with Crippen molar-refractivity contribution in [2.75, 3.05) is 18.8 Å². The fourth-order valence-corrected chi connectivity index (χ4v) is 1.73. The van der Waals surface area contributed by atoms with E-state index in [1.165, 1.54) is 5.56 Å². The minimum atomic E-state index is 0.888. The lowest BCUT2D eigenvalue weighted by molar-refractivity contribution is 0.722. The Kier molecular flexibility index (Phi) is 3.64. The molecule has 0 unspecified atom stereocenters. The van der Waals surface area contributed by atoms with E-state index in [4.69, 9.17) is 0 Å². The third kappa shape index (κ3) is 2.73. The highest BCUT2D eigenvalue weighted by atomic mass is 32.1. The van der Waals surface area contributed by atoms with Crippen molar-refractivity contribution in [2.24, 2.45) is 0 Å². The lowest BCUT2D eigenvalue weighted by atomic mass is 10.1. The van der Waals surface area contributed by atoms with E-state index >= 15 is 0 Å². The van der Waals surface area contributed by atoms with E-state index in [0.717, 1.165) is 36.3 Å². The van der Waals surface area contributed by atoms with Crippen LogP contribution in [0, 0.1) is 0 Å². The van der Waals surface area contributed by atoms with Gasteiger partial charge in [-0.3, -0.25) is 0 Å². The van der Waals surface area contributed by atoms with E-state index in [1.807, 2.05) is 0 Å². The van der Waals surface area contributed by atoms with Gasteiger partial charge in [0.1, 0.15) is 0 Å². The lowest BCUT2D eigenvalue weighted by Crippen LogP contribution is -2.19. The molecule has 0 aliphatic rings. The minimum Gasteiger partial charge on any atom is -0.345 e. The molecule has 0 amide bonds. The molecule has 4 heteroatoms. The number of aromatic nitrogens is 2. The van der Waals surface area contributed by atoms with E-state index in [1.54, 1.807) is 6.33 Å². The second-order valence-corrected chi connectivity index (χ2v) is 3.92. The molecule has 1 aromatic heterocycles. The maximum absolute atomic E-state index is 4.19. The standard InChI is InChI=1S/C11H15N3S/c15-6-5-12-4-3-9-1-2-10-11(7-9)14-8-13-10/h1-2,7-8,12,15H,3-6H2,(H,13,14). The van der Waals surface area contributed by atoms with Gasteiger partial charge >= 0.3 is 0 Å². The Balaban J connectivity index is 1.96. The van der Waals surface area contributed by atoms with Crippen LogP contribution in [0.5, 0.6) is 0 Å². The van der Waals surface area contributed by atoms with Gasteiger partial charge in [0.05, 0.1) is 17.4 Å². The summed E-state index contributed by atoms with van der Waals surface area (Å²) < 4.78 is 0. The number of aromatic amines is 1. The molecule has 0 aliphatic heterocycles. The molecule has 0 spiro atoms. The van der Waals surface area contributed by atoms with Gasteiger partial charge in [0, 0.05) is 12.3 Å². The van der Waals surface area contributed by atoms with Gasteiger partial charge < -0.3 is 10.3 Å². The largest absolute Gasteiger partial charge is 0.345 e. The molecule has 0 atom stereocenters. The molecule has 0 bridgehead atoms. The first-order valence-corrected chi connectivity index (χ1v) is 5.77. The summed E-state index contributed by atoms with van der Waals surface area (Å²) in [5.74, 6) is 0.888. The Morgan fingerprint density at radius 3 is 3.13 bits per heavy atom. The number of nitrogens with zero attached hydrogens (tertiary/aromatic N) is 1. The number of hydrogen-bond donors (Lipinski definition) is 3. The quantitative estimate of drug-likeness (QED) is 0.530. The molecular weight excluding hydrogens is 206 g/mol. The summed E-state index contributed by atoms with van der Waals surface area (Å²) in [7, 11) is 0. The second-order valence-electron chi connectivity index (χ2n) is 3.48. The first-order chi connectivity index (χ1) is 7.40. The van der Waals surface area contributed by atoms with Crippen molar-refractivity contribution < 1.29 is 0 Å². The van der Waals surface area contributed by atoms with E-state index in [2.05, 4.69) is 46.1 Å². The Bertz CT molecular complexity index is 424. The van der Waals surface area contributed by atoms with Crippen molar-refractivity contribution in [2.45, 2.75) is 6.42 Å². The van der Waals surface area contributed by atoms with Gasteiger partial charge in [0.15, 0.2) is 0 Å². The van der Waals surface area contributed by atoms with Crippen LogP contribution in [0.1, 0.15) is 5.56 Å². The van der Waals surface area contributed by atoms with Gasteiger partial charge in [-0.1, -0.05) is 6.07 Å². The third-order valence-corrected chi connectivity index (χ3v) is 2.59. The van der Waals surface area contributed by atoms with Gasteiger partial charge in [0.25, 0.3) is 0 Å². The van der Waals surface area contributed by atoms with Crippen LogP contribution < -0.4 is 5.32 Å². The van der Waals surface area contributed by atoms with Crippen LogP contribution >= 0.6 is 12.6 Å². The summed E-state index contributed by atoms with van der Waals surface area (Å²) in [5.41, 5.74) is 3.47. The maximum Gasteiger partial charge on any atom is 0.0931 e. The maximum atomic E-state index is 4.19. The van der Waals surface area contributed by atoms with Crippen LogP contribution in [-0.4, -0.2) is 28.8 Å². The van der Waals surface area contributed by atoms with Crippen molar-refractivity contribution in [3.05, 3.63) is 30.1 Å². The van der Waals surface area contributed by atoms with Gasteiger partial charge in [-0.25, -0.2) is 4.98 Å². The highest BCUT2D eigenvalue weighted by Gasteiger charge is 1.97. The van der Waals surface area contributed by atoms with E-state index in [0.29, 0.717) is 0 Å². The summed E-state index contributed by atoms with van der Waals surface area (Å²) in [4.78, 5) is 7.31. The molecule has 15 heavy (non-hydrogen) atoms. The number of H-pyrrole nitrogens is 1. The monoisotopic (exact) mass is 221 g/mol. The number of thiol groups is 1. The average Bonchev–Trinajstić information content (AvgIpc) is 2.71. The van der Waals surface area contributed by atoms with Crippen molar-refractivity contribution in [1.82, 2.24) is 15.3 Å². The summed E-state index contributed by atoms with van der Waals surface area (Å²) >= 11 is 4.14. The number of rotatable bonds is 5. The van der Waals surface area contributed by atoms with Crippen molar-refractivity contribution in [3.8, 4) is 0 Å².